The second-order valence-corrected chi connectivity index (χ2v) is 4.74. The van der Waals surface area contributed by atoms with Crippen LogP contribution in [0.15, 0.2) is 42.5 Å². The average Bonchev–Trinajstić information content (AvgIpc) is 2.42. The van der Waals surface area contributed by atoms with E-state index in [2.05, 4.69) is 4.74 Å². The van der Waals surface area contributed by atoms with Crippen molar-refractivity contribution in [1.29, 1.82) is 0 Å². The summed E-state index contributed by atoms with van der Waals surface area (Å²) in [5.41, 5.74) is 1.97. The van der Waals surface area contributed by atoms with Crippen molar-refractivity contribution in [2.45, 2.75) is 26.1 Å². The summed E-state index contributed by atoms with van der Waals surface area (Å²) in [6.45, 7) is -1.10. The van der Waals surface area contributed by atoms with Crippen LogP contribution in [0.3, 0.4) is 0 Å². The van der Waals surface area contributed by atoms with Gasteiger partial charge in [-0.2, -0.15) is 8.78 Å². The molecule has 0 aromatic heterocycles. The zero-order valence-corrected chi connectivity index (χ0v) is 11.4. The molecule has 1 N–H and O–H groups in total. The minimum atomic E-state index is -2.91. The molecule has 0 aliphatic heterocycles. The standard InChI is InChI=1S/C16H15F3O2/c1-10-5-6-13(17)7-12(10)9-15(20)11-3-2-4-14(8-11)21-16(18)19/h2-8,15-16,20H,9H2,1H3. The van der Waals surface area contributed by atoms with Crippen molar-refractivity contribution >= 4 is 0 Å². The number of alkyl halides is 2. The Bertz CT molecular complexity index is 614. The van der Waals surface area contributed by atoms with Gasteiger partial charge in [0, 0.05) is 6.42 Å². The van der Waals surface area contributed by atoms with E-state index in [1.165, 1.54) is 30.3 Å². The molecule has 0 amide bonds. The molecule has 2 rings (SSSR count). The molecule has 2 aromatic rings. The Balaban J connectivity index is 2.16. The van der Waals surface area contributed by atoms with Gasteiger partial charge < -0.3 is 9.84 Å². The van der Waals surface area contributed by atoms with Crippen LogP contribution in [0.4, 0.5) is 13.2 Å². The molecule has 1 unspecified atom stereocenters. The maximum absolute atomic E-state index is 13.2. The van der Waals surface area contributed by atoms with Crippen LogP contribution in [-0.2, 0) is 6.42 Å². The lowest BCUT2D eigenvalue weighted by molar-refractivity contribution is -0.0499. The van der Waals surface area contributed by atoms with Gasteiger partial charge in [-0.25, -0.2) is 4.39 Å². The lowest BCUT2D eigenvalue weighted by Crippen LogP contribution is -2.06. The van der Waals surface area contributed by atoms with E-state index in [4.69, 9.17) is 0 Å². The van der Waals surface area contributed by atoms with Crippen molar-refractivity contribution in [3.8, 4) is 5.75 Å². The van der Waals surface area contributed by atoms with Gasteiger partial charge in [-0.3, -0.25) is 0 Å². The number of halogens is 3. The number of ether oxygens (including phenoxy) is 1. The summed E-state index contributed by atoms with van der Waals surface area (Å²) in [4.78, 5) is 0. The number of aryl methyl sites for hydroxylation is 1. The van der Waals surface area contributed by atoms with Gasteiger partial charge in [-0.05, 0) is 47.9 Å². The van der Waals surface area contributed by atoms with Crippen LogP contribution in [0.1, 0.15) is 22.8 Å². The van der Waals surface area contributed by atoms with Crippen LogP contribution >= 0.6 is 0 Å². The minimum absolute atomic E-state index is 0.0162. The van der Waals surface area contributed by atoms with E-state index >= 15 is 0 Å². The molecule has 0 aliphatic rings. The molecule has 0 aliphatic carbocycles. The Morgan fingerprint density at radius 2 is 1.90 bits per heavy atom. The van der Waals surface area contributed by atoms with Crippen molar-refractivity contribution < 1.29 is 23.0 Å². The number of hydrogen-bond acceptors (Lipinski definition) is 2. The van der Waals surface area contributed by atoms with Crippen molar-refractivity contribution in [2.24, 2.45) is 0 Å². The maximum Gasteiger partial charge on any atom is 0.387 e. The quantitative estimate of drug-likeness (QED) is 0.903. The second kappa shape index (κ2) is 6.63. The van der Waals surface area contributed by atoms with Crippen LogP contribution in [-0.4, -0.2) is 11.7 Å². The molecule has 2 nitrogen and oxygen atoms in total. The first-order chi connectivity index (χ1) is 9.95. The summed E-state index contributed by atoms with van der Waals surface area (Å²) in [6, 6.07) is 10.2. The van der Waals surface area contributed by atoms with Gasteiger partial charge in [-0.15, -0.1) is 0 Å². The molecule has 112 valence electrons. The summed E-state index contributed by atoms with van der Waals surface area (Å²) in [5, 5.41) is 10.2. The Labute approximate surface area is 120 Å². The third kappa shape index (κ3) is 4.23. The third-order valence-electron chi connectivity index (χ3n) is 3.19. The number of rotatable bonds is 5. The second-order valence-electron chi connectivity index (χ2n) is 4.74. The lowest BCUT2D eigenvalue weighted by Gasteiger charge is -2.14. The van der Waals surface area contributed by atoms with Crippen LogP contribution in [0.5, 0.6) is 5.75 Å². The largest absolute Gasteiger partial charge is 0.435 e. The smallest absolute Gasteiger partial charge is 0.387 e. The number of hydrogen-bond donors (Lipinski definition) is 1. The fraction of sp³-hybridized carbons (Fsp3) is 0.250. The zero-order chi connectivity index (χ0) is 15.4. The molecular formula is C16H15F3O2. The van der Waals surface area contributed by atoms with Gasteiger partial charge in [0.25, 0.3) is 0 Å². The zero-order valence-electron chi connectivity index (χ0n) is 11.4. The van der Waals surface area contributed by atoms with Crippen LogP contribution in [0, 0.1) is 12.7 Å². The van der Waals surface area contributed by atoms with Crippen molar-refractivity contribution in [1.82, 2.24) is 0 Å². The van der Waals surface area contributed by atoms with Gasteiger partial charge in [0.15, 0.2) is 0 Å². The van der Waals surface area contributed by atoms with E-state index in [0.717, 1.165) is 5.56 Å². The number of aliphatic hydroxyl groups excluding tert-OH is 1. The van der Waals surface area contributed by atoms with Gasteiger partial charge in [-0.1, -0.05) is 18.2 Å². The number of aliphatic hydroxyl groups is 1. The highest BCUT2D eigenvalue weighted by Crippen LogP contribution is 2.24. The molecule has 0 radical (unpaired) electrons. The van der Waals surface area contributed by atoms with Gasteiger partial charge in [0.1, 0.15) is 11.6 Å². The van der Waals surface area contributed by atoms with Crippen molar-refractivity contribution in [3.05, 3.63) is 65.0 Å². The van der Waals surface area contributed by atoms with E-state index in [1.807, 2.05) is 6.92 Å². The molecule has 0 saturated carbocycles. The Kier molecular flexibility index (Phi) is 4.85. The van der Waals surface area contributed by atoms with E-state index in [9.17, 15) is 18.3 Å². The van der Waals surface area contributed by atoms with Crippen molar-refractivity contribution in [3.63, 3.8) is 0 Å². The lowest BCUT2D eigenvalue weighted by atomic mass is 9.98. The fourth-order valence-electron chi connectivity index (χ4n) is 2.08. The van der Waals surface area contributed by atoms with E-state index in [0.29, 0.717) is 11.1 Å². The average molecular weight is 296 g/mol. The van der Waals surface area contributed by atoms with E-state index in [-0.39, 0.29) is 18.0 Å². The molecule has 0 fully saturated rings. The molecular weight excluding hydrogens is 281 g/mol. The highest BCUT2D eigenvalue weighted by Gasteiger charge is 2.13. The monoisotopic (exact) mass is 296 g/mol. The highest BCUT2D eigenvalue weighted by molar-refractivity contribution is 5.33. The van der Waals surface area contributed by atoms with Crippen LogP contribution < -0.4 is 4.74 Å². The minimum Gasteiger partial charge on any atom is -0.435 e. The molecule has 0 spiro atoms. The predicted octanol–water partition coefficient (Wildman–Crippen LogP) is 4.01. The normalized spacial score (nSPS) is 12.5. The van der Waals surface area contributed by atoms with Crippen molar-refractivity contribution in [2.75, 3.05) is 0 Å². The first kappa shape index (κ1) is 15.4. The summed E-state index contributed by atoms with van der Waals surface area (Å²) in [5.74, 6) is -0.393. The van der Waals surface area contributed by atoms with Crippen LogP contribution in [0.2, 0.25) is 0 Å². The Morgan fingerprint density at radius 3 is 2.62 bits per heavy atom. The molecule has 0 heterocycles. The molecule has 5 heteroatoms. The van der Waals surface area contributed by atoms with Gasteiger partial charge in [0.05, 0.1) is 6.10 Å². The van der Waals surface area contributed by atoms with Gasteiger partial charge in [0.2, 0.25) is 0 Å². The molecule has 0 saturated heterocycles. The summed E-state index contributed by atoms with van der Waals surface area (Å²) in [7, 11) is 0. The van der Waals surface area contributed by atoms with E-state index < -0.39 is 12.7 Å². The Morgan fingerprint density at radius 1 is 1.14 bits per heavy atom. The molecule has 2 aromatic carbocycles. The van der Waals surface area contributed by atoms with Crippen LogP contribution in [0.25, 0.3) is 0 Å². The first-order valence-corrected chi connectivity index (χ1v) is 6.43. The van der Waals surface area contributed by atoms with E-state index in [1.54, 1.807) is 12.1 Å². The SMILES string of the molecule is Cc1ccc(F)cc1CC(O)c1cccc(OC(F)F)c1. The summed E-state index contributed by atoms with van der Waals surface area (Å²) >= 11 is 0. The summed E-state index contributed by atoms with van der Waals surface area (Å²) in [6.07, 6.45) is -0.728. The predicted molar refractivity (Wildman–Crippen MR) is 72.9 cm³/mol. The fourth-order valence-corrected chi connectivity index (χ4v) is 2.08. The third-order valence-corrected chi connectivity index (χ3v) is 3.19. The molecule has 21 heavy (non-hydrogen) atoms. The Hall–Kier alpha value is -2.01. The van der Waals surface area contributed by atoms with Gasteiger partial charge >= 0.3 is 6.61 Å². The topological polar surface area (TPSA) is 29.5 Å². The molecule has 0 bridgehead atoms. The molecule has 1 atom stereocenters. The highest BCUT2D eigenvalue weighted by atomic mass is 19.3. The maximum atomic E-state index is 13.2. The summed E-state index contributed by atoms with van der Waals surface area (Å²) < 4.78 is 41.9. The number of benzene rings is 2. The first-order valence-electron chi connectivity index (χ1n) is 6.43.